The molecule has 1 aromatic rings. The number of nitrogens with zero attached hydrogens (tertiary/aromatic N) is 1. The summed E-state index contributed by atoms with van der Waals surface area (Å²) in [5.41, 5.74) is 1.24. The van der Waals surface area contributed by atoms with Gasteiger partial charge in [0.25, 0.3) is 0 Å². The predicted molar refractivity (Wildman–Crippen MR) is 53.6 cm³/mol. The third-order valence-corrected chi connectivity index (χ3v) is 3.38. The quantitative estimate of drug-likeness (QED) is 0.718. The first-order valence-electron chi connectivity index (χ1n) is 3.90. The molecule has 0 amide bonds. The van der Waals surface area contributed by atoms with Gasteiger partial charge in [-0.3, -0.25) is 0 Å². The van der Waals surface area contributed by atoms with Crippen molar-refractivity contribution in [3.05, 3.63) is 15.6 Å². The second kappa shape index (κ2) is 4.12. The van der Waals surface area contributed by atoms with Gasteiger partial charge in [-0.1, -0.05) is 13.8 Å². The molecule has 0 bridgehead atoms. The zero-order valence-corrected chi connectivity index (χ0v) is 8.63. The Balaban J connectivity index is 2.92. The maximum atomic E-state index is 4.49. The fourth-order valence-corrected chi connectivity index (χ4v) is 2.32. The molecule has 1 rings (SSSR count). The van der Waals surface area contributed by atoms with Crippen LogP contribution in [0.4, 0.5) is 0 Å². The molecule has 3 heteroatoms. The van der Waals surface area contributed by atoms with Crippen LogP contribution in [0.1, 0.15) is 29.4 Å². The average molecular weight is 187 g/mol. The molecule has 1 heterocycles. The summed E-state index contributed by atoms with van der Waals surface area (Å²) in [6, 6.07) is 0. The molecule has 62 valence electrons. The van der Waals surface area contributed by atoms with Crippen LogP contribution >= 0.6 is 24.0 Å². The Hall–Kier alpha value is -0.0200. The Labute approximate surface area is 77.3 Å². The molecular formula is C8H13NS2. The van der Waals surface area contributed by atoms with Gasteiger partial charge in [0.1, 0.15) is 0 Å². The molecule has 0 radical (unpaired) electrons. The second-order valence-electron chi connectivity index (χ2n) is 2.34. The van der Waals surface area contributed by atoms with Crippen molar-refractivity contribution in [2.45, 2.75) is 32.4 Å². The maximum Gasteiger partial charge on any atom is 0.0928 e. The molecule has 11 heavy (non-hydrogen) atoms. The molecule has 0 aliphatic rings. The van der Waals surface area contributed by atoms with Crippen LogP contribution in [0.25, 0.3) is 0 Å². The standard InChI is InChI=1S/C8H13NS2/c1-3-6-7(5-10)11-8(4-2)9-6/h10H,3-5H2,1-2H3. The summed E-state index contributed by atoms with van der Waals surface area (Å²) in [7, 11) is 0. The third kappa shape index (κ3) is 1.97. The topological polar surface area (TPSA) is 12.9 Å². The molecule has 0 fully saturated rings. The Morgan fingerprint density at radius 2 is 2.09 bits per heavy atom. The van der Waals surface area contributed by atoms with E-state index in [4.69, 9.17) is 0 Å². The lowest BCUT2D eigenvalue weighted by Gasteiger charge is -1.90. The van der Waals surface area contributed by atoms with Crippen molar-refractivity contribution < 1.29 is 0 Å². The van der Waals surface area contributed by atoms with Gasteiger partial charge >= 0.3 is 0 Å². The highest BCUT2D eigenvalue weighted by atomic mass is 32.1. The molecule has 1 nitrogen and oxygen atoms in total. The summed E-state index contributed by atoms with van der Waals surface area (Å²) >= 11 is 6.05. The van der Waals surface area contributed by atoms with Crippen LogP contribution in [-0.4, -0.2) is 4.98 Å². The Bertz CT molecular complexity index is 208. The summed E-state index contributed by atoms with van der Waals surface area (Å²) in [6.07, 6.45) is 2.08. The molecule has 0 saturated carbocycles. The van der Waals surface area contributed by atoms with E-state index >= 15 is 0 Å². The Morgan fingerprint density at radius 1 is 1.36 bits per heavy atom. The molecule has 0 unspecified atom stereocenters. The number of aryl methyl sites for hydroxylation is 2. The minimum Gasteiger partial charge on any atom is -0.246 e. The van der Waals surface area contributed by atoms with Crippen LogP contribution in [0, 0.1) is 0 Å². The number of hydrogen-bond donors (Lipinski definition) is 1. The van der Waals surface area contributed by atoms with Crippen molar-refractivity contribution in [2.24, 2.45) is 0 Å². The van der Waals surface area contributed by atoms with E-state index < -0.39 is 0 Å². The smallest absolute Gasteiger partial charge is 0.0928 e. The lowest BCUT2D eigenvalue weighted by atomic mass is 10.3. The van der Waals surface area contributed by atoms with Crippen molar-refractivity contribution in [3.63, 3.8) is 0 Å². The van der Waals surface area contributed by atoms with Gasteiger partial charge in [0.05, 0.1) is 10.7 Å². The minimum atomic E-state index is 0.834. The van der Waals surface area contributed by atoms with Crippen molar-refractivity contribution in [2.75, 3.05) is 0 Å². The fraction of sp³-hybridized carbons (Fsp3) is 0.625. The van der Waals surface area contributed by atoms with Gasteiger partial charge in [0.15, 0.2) is 0 Å². The van der Waals surface area contributed by atoms with E-state index in [9.17, 15) is 0 Å². The Morgan fingerprint density at radius 3 is 2.45 bits per heavy atom. The Kier molecular flexibility index (Phi) is 3.40. The van der Waals surface area contributed by atoms with Gasteiger partial charge in [0.2, 0.25) is 0 Å². The first-order chi connectivity index (χ1) is 5.31. The molecular weight excluding hydrogens is 174 g/mol. The molecule has 0 aromatic carbocycles. The molecule has 0 spiro atoms. The highest BCUT2D eigenvalue weighted by molar-refractivity contribution is 7.79. The van der Waals surface area contributed by atoms with Crippen LogP contribution in [0.5, 0.6) is 0 Å². The molecule has 0 aliphatic heterocycles. The fourth-order valence-electron chi connectivity index (χ4n) is 0.988. The van der Waals surface area contributed by atoms with Gasteiger partial charge in [-0.05, 0) is 12.8 Å². The van der Waals surface area contributed by atoms with Crippen LogP contribution in [0.3, 0.4) is 0 Å². The first-order valence-corrected chi connectivity index (χ1v) is 5.35. The summed E-state index contributed by atoms with van der Waals surface area (Å²) in [5.74, 6) is 0.834. The maximum absolute atomic E-state index is 4.49. The van der Waals surface area contributed by atoms with Crippen LogP contribution in [0.15, 0.2) is 0 Å². The van der Waals surface area contributed by atoms with E-state index in [1.54, 1.807) is 11.3 Å². The summed E-state index contributed by atoms with van der Waals surface area (Å²) < 4.78 is 0. The lowest BCUT2D eigenvalue weighted by molar-refractivity contribution is 0.991. The van der Waals surface area contributed by atoms with Crippen molar-refractivity contribution in [1.82, 2.24) is 4.98 Å². The molecule has 0 N–H and O–H groups in total. The SMILES string of the molecule is CCc1nc(CC)c(CS)s1. The summed E-state index contributed by atoms with van der Waals surface area (Å²) in [6.45, 7) is 4.28. The van der Waals surface area contributed by atoms with E-state index in [-0.39, 0.29) is 0 Å². The van der Waals surface area contributed by atoms with E-state index in [1.165, 1.54) is 15.6 Å². The van der Waals surface area contributed by atoms with Crippen molar-refractivity contribution in [1.29, 1.82) is 0 Å². The van der Waals surface area contributed by atoms with Gasteiger partial charge in [-0.2, -0.15) is 12.6 Å². The summed E-state index contributed by atoms with van der Waals surface area (Å²) in [5, 5.41) is 1.24. The monoisotopic (exact) mass is 187 g/mol. The zero-order valence-electron chi connectivity index (χ0n) is 6.92. The number of hydrogen-bond acceptors (Lipinski definition) is 3. The van der Waals surface area contributed by atoms with E-state index in [0.29, 0.717) is 0 Å². The number of rotatable bonds is 3. The normalized spacial score (nSPS) is 10.5. The lowest BCUT2D eigenvalue weighted by Crippen LogP contribution is -1.85. The minimum absolute atomic E-state index is 0.834. The highest BCUT2D eigenvalue weighted by Crippen LogP contribution is 2.21. The predicted octanol–water partition coefficient (Wildman–Crippen LogP) is 2.70. The van der Waals surface area contributed by atoms with Gasteiger partial charge < -0.3 is 0 Å². The van der Waals surface area contributed by atoms with Crippen LogP contribution < -0.4 is 0 Å². The van der Waals surface area contributed by atoms with Gasteiger partial charge in [-0.15, -0.1) is 11.3 Å². The van der Waals surface area contributed by atoms with Gasteiger partial charge in [-0.25, -0.2) is 4.98 Å². The third-order valence-electron chi connectivity index (χ3n) is 1.60. The van der Waals surface area contributed by atoms with Crippen molar-refractivity contribution in [3.8, 4) is 0 Å². The average Bonchev–Trinajstić information content (AvgIpc) is 2.46. The highest BCUT2D eigenvalue weighted by Gasteiger charge is 2.05. The van der Waals surface area contributed by atoms with Crippen molar-refractivity contribution >= 4 is 24.0 Å². The largest absolute Gasteiger partial charge is 0.246 e. The molecule has 0 aliphatic carbocycles. The second-order valence-corrected chi connectivity index (χ2v) is 3.83. The van der Waals surface area contributed by atoms with Crippen LogP contribution in [-0.2, 0) is 18.6 Å². The van der Waals surface area contributed by atoms with E-state index in [2.05, 4.69) is 31.5 Å². The van der Waals surface area contributed by atoms with E-state index in [0.717, 1.165) is 18.6 Å². The number of thiazole rings is 1. The van der Waals surface area contributed by atoms with E-state index in [1.807, 2.05) is 0 Å². The zero-order chi connectivity index (χ0) is 8.27. The molecule has 0 atom stereocenters. The molecule has 1 aromatic heterocycles. The van der Waals surface area contributed by atoms with Crippen LogP contribution in [0.2, 0.25) is 0 Å². The first kappa shape index (κ1) is 9.07. The summed E-state index contributed by atoms with van der Waals surface area (Å²) in [4.78, 5) is 5.83. The molecule has 0 saturated heterocycles. The number of aromatic nitrogens is 1. The number of thiol groups is 1. The van der Waals surface area contributed by atoms with Gasteiger partial charge in [0, 0.05) is 10.6 Å².